The zero-order valence-electron chi connectivity index (χ0n) is 18.3. The molecule has 2 amide bonds. The molecule has 0 aliphatic carbocycles. The number of carbonyl (C=O) groups excluding carboxylic acids is 2. The third-order valence-electron chi connectivity index (χ3n) is 6.04. The molecule has 1 fully saturated rings. The first-order valence-corrected chi connectivity index (χ1v) is 11.9. The van der Waals surface area contributed by atoms with Gasteiger partial charge >= 0.3 is 0 Å². The molecular weight excluding hydrogens is 428 g/mol. The minimum atomic E-state index is -0.640. The van der Waals surface area contributed by atoms with Gasteiger partial charge in [-0.2, -0.15) is 0 Å². The van der Waals surface area contributed by atoms with Gasteiger partial charge in [-0.15, -0.1) is 11.3 Å². The summed E-state index contributed by atoms with van der Waals surface area (Å²) in [6.07, 6.45) is 3.57. The van der Waals surface area contributed by atoms with Gasteiger partial charge < -0.3 is 20.6 Å². The summed E-state index contributed by atoms with van der Waals surface area (Å²) < 4.78 is 0. The van der Waals surface area contributed by atoms with Crippen molar-refractivity contribution in [2.45, 2.75) is 44.9 Å². The Kier molecular flexibility index (Phi) is 7.33. The quantitative estimate of drug-likeness (QED) is 0.570. The van der Waals surface area contributed by atoms with Crippen molar-refractivity contribution in [3.63, 3.8) is 0 Å². The zero-order chi connectivity index (χ0) is 22.5. The van der Waals surface area contributed by atoms with Gasteiger partial charge in [0.05, 0.1) is 17.3 Å². The number of nitrogens with one attached hydrogen (secondary N) is 2. The maximum atomic E-state index is 12.6. The molecule has 32 heavy (non-hydrogen) atoms. The van der Waals surface area contributed by atoms with Crippen LogP contribution in [0.4, 0.5) is 5.82 Å². The van der Waals surface area contributed by atoms with E-state index in [2.05, 4.69) is 25.5 Å². The molecule has 0 bridgehead atoms. The fourth-order valence-corrected chi connectivity index (χ4v) is 5.06. The number of thiazole rings is 1. The van der Waals surface area contributed by atoms with Gasteiger partial charge in [-0.25, -0.2) is 9.97 Å². The van der Waals surface area contributed by atoms with Gasteiger partial charge in [0, 0.05) is 75.3 Å². The van der Waals surface area contributed by atoms with Crippen molar-refractivity contribution in [1.82, 2.24) is 25.1 Å². The third-order valence-corrected chi connectivity index (χ3v) is 6.90. The maximum Gasteiger partial charge on any atom is 0.251 e. The molecule has 1 unspecified atom stereocenters. The first-order chi connectivity index (χ1) is 15.5. The van der Waals surface area contributed by atoms with Crippen molar-refractivity contribution >= 4 is 29.0 Å². The van der Waals surface area contributed by atoms with E-state index < -0.39 is 6.10 Å². The summed E-state index contributed by atoms with van der Waals surface area (Å²) in [6.45, 7) is 5.43. The Morgan fingerprint density at radius 3 is 2.88 bits per heavy atom. The number of pyridine rings is 1. The largest absolute Gasteiger partial charge is 0.390 e. The standard InChI is InChI=1S/C22H30N6O3S/c1-15(29)28-8-3-17(4-9-28)26-21-10-16(2-6-23-21)22(31)24-11-18(30)12-27-7-5-19-20(13-27)32-14-25-19/h2,6,10,14,17-18,30H,3-5,7-9,11-13H2,1H3,(H,23,26)(H,24,31). The zero-order valence-corrected chi connectivity index (χ0v) is 19.1. The highest BCUT2D eigenvalue weighted by Gasteiger charge is 2.22. The molecule has 4 rings (SSSR count). The molecule has 2 aromatic rings. The number of aliphatic hydroxyl groups is 1. The summed E-state index contributed by atoms with van der Waals surface area (Å²) in [5.74, 6) is 0.522. The number of hydrogen-bond donors (Lipinski definition) is 3. The number of fused-ring (bicyclic) bond motifs is 1. The number of rotatable bonds is 7. The van der Waals surface area contributed by atoms with Crippen LogP contribution in [0.2, 0.25) is 0 Å². The molecule has 0 radical (unpaired) electrons. The number of hydrogen-bond acceptors (Lipinski definition) is 8. The Labute approximate surface area is 191 Å². The van der Waals surface area contributed by atoms with Crippen LogP contribution in [0.1, 0.15) is 40.7 Å². The van der Waals surface area contributed by atoms with Crippen LogP contribution in [0.15, 0.2) is 23.8 Å². The highest BCUT2D eigenvalue weighted by Crippen LogP contribution is 2.21. The lowest BCUT2D eigenvalue weighted by molar-refractivity contribution is -0.129. The van der Waals surface area contributed by atoms with Gasteiger partial charge in [0.15, 0.2) is 0 Å². The molecule has 2 aliphatic heterocycles. The highest BCUT2D eigenvalue weighted by atomic mass is 32.1. The number of nitrogens with zero attached hydrogens (tertiary/aromatic N) is 4. The number of anilines is 1. The minimum Gasteiger partial charge on any atom is -0.390 e. The molecule has 0 spiro atoms. The maximum absolute atomic E-state index is 12.6. The van der Waals surface area contributed by atoms with E-state index in [4.69, 9.17) is 0 Å². The highest BCUT2D eigenvalue weighted by molar-refractivity contribution is 7.09. The van der Waals surface area contributed by atoms with Gasteiger partial charge in [0.25, 0.3) is 5.91 Å². The van der Waals surface area contributed by atoms with Crippen molar-refractivity contribution < 1.29 is 14.7 Å². The summed E-state index contributed by atoms with van der Waals surface area (Å²) in [5, 5.41) is 16.6. The van der Waals surface area contributed by atoms with E-state index >= 15 is 0 Å². The monoisotopic (exact) mass is 458 g/mol. The molecule has 10 heteroatoms. The number of aliphatic hydroxyl groups excluding tert-OH is 1. The van der Waals surface area contributed by atoms with Crippen LogP contribution in [0.3, 0.4) is 0 Å². The summed E-state index contributed by atoms with van der Waals surface area (Å²) >= 11 is 1.65. The Bertz CT molecular complexity index is 943. The predicted octanol–water partition coefficient (Wildman–Crippen LogP) is 1.11. The molecule has 172 valence electrons. The van der Waals surface area contributed by atoms with Crippen molar-refractivity contribution in [2.24, 2.45) is 0 Å². The van der Waals surface area contributed by atoms with Crippen molar-refractivity contribution in [3.8, 4) is 0 Å². The summed E-state index contributed by atoms with van der Waals surface area (Å²) in [6, 6.07) is 3.62. The van der Waals surface area contributed by atoms with Gasteiger partial charge in [-0.05, 0) is 25.0 Å². The summed E-state index contributed by atoms with van der Waals surface area (Å²) in [5.41, 5.74) is 3.54. The van der Waals surface area contributed by atoms with Crippen LogP contribution < -0.4 is 10.6 Å². The lowest BCUT2D eigenvalue weighted by Crippen LogP contribution is -2.42. The number of β-amino-alcohol motifs (C(OH)–C–C–N with tert-alkyl or cyclic N) is 1. The number of aromatic nitrogens is 2. The van der Waals surface area contributed by atoms with Crippen LogP contribution in [0.5, 0.6) is 0 Å². The first-order valence-electron chi connectivity index (χ1n) is 11.1. The average molecular weight is 459 g/mol. The van der Waals surface area contributed by atoms with Gasteiger partial charge in [0.1, 0.15) is 5.82 Å². The van der Waals surface area contributed by atoms with Crippen LogP contribution in [-0.2, 0) is 17.8 Å². The Morgan fingerprint density at radius 1 is 1.28 bits per heavy atom. The summed E-state index contributed by atoms with van der Waals surface area (Å²) in [4.78, 5) is 38.1. The Morgan fingerprint density at radius 2 is 2.09 bits per heavy atom. The second-order valence-electron chi connectivity index (χ2n) is 8.43. The first kappa shape index (κ1) is 22.6. The Hall–Kier alpha value is -2.56. The number of likely N-dealkylation sites (tertiary alicyclic amines) is 1. The number of carbonyl (C=O) groups is 2. The minimum absolute atomic E-state index is 0.107. The smallest absolute Gasteiger partial charge is 0.251 e. The van der Waals surface area contributed by atoms with Gasteiger partial charge in [-0.1, -0.05) is 0 Å². The fourth-order valence-electron chi connectivity index (χ4n) is 4.20. The second-order valence-corrected chi connectivity index (χ2v) is 9.36. The van der Waals surface area contributed by atoms with E-state index in [1.165, 1.54) is 10.6 Å². The molecular formula is C22H30N6O3S. The normalized spacial score (nSPS) is 18.1. The predicted molar refractivity (Wildman–Crippen MR) is 123 cm³/mol. The van der Waals surface area contributed by atoms with Crippen LogP contribution >= 0.6 is 11.3 Å². The number of piperidine rings is 1. The average Bonchev–Trinajstić information content (AvgIpc) is 3.26. The van der Waals surface area contributed by atoms with Crippen molar-refractivity contribution in [1.29, 1.82) is 0 Å². The van der Waals surface area contributed by atoms with E-state index in [9.17, 15) is 14.7 Å². The summed E-state index contributed by atoms with van der Waals surface area (Å²) in [7, 11) is 0. The van der Waals surface area contributed by atoms with Crippen LogP contribution in [-0.4, -0.2) is 81.6 Å². The van der Waals surface area contributed by atoms with Crippen LogP contribution in [0, 0.1) is 0 Å². The molecule has 0 aromatic carbocycles. The molecule has 9 nitrogen and oxygen atoms in total. The molecule has 4 heterocycles. The third kappa shape index (κ3) is 5.81. The lowest BCUT2D eigenvalue weighted by Gasteiger charge is -2.32. The lowest BCUT2D eigenvalue weighted by atomic mass is 10.0. The topological polar surface area (TPSA) is 111 Å². The van der Waals surface area contributed by atoms with E-state index in [0.29, 0.717) is 17.9 Å². The second kappa shape index (κ2) is 10.4. The van der Waals surface area contributed by atoms with E-state index in [-0.39, 0.29) is 24.4 Å². The van der Waals surface area contributed by atoms with Crippen molar-refractivity contribution in [3.05, 3.63) is 40.0 Å². The van der Waals surface area contributed by atoms with Gasteiger partial charge in [0.2, 0.25) is 5.91 Å². The SMILES string of the molecule is CC(=O)N1CCC(Nc2cc(C(=O)NCC(O)CN3CCc4ncsc4C3)ccn2)CC1. The number of amides is 2. The molecule has 3 N–H and O–H groups in total. The Balaban J connectivity index is 1.23. The van der Waals surface area contributed by atoms with Crippen molar-refractivity contribution in [2.75, 3.05) is 38.0 Å². The van der Waals surface area contributed by atoms with Crippen LogP contribution in [0.25, 0.3) is 0 Å². The van der Waals surface area contributed by atoms with E-state index in [1.54, 1.807) is 36.6 Å². The molecule has 2 aromatic heterocycles. The van der Waals surface area contributed by atoms with E-state index in [1.807, 2.05) is 10.4 Å². The molecule has 1 saturated heterocycles. The van der Waals surface area contributed by atoms with Gasteiger partial charge in [-0.3, -0.25) is 14.5 Å². The fraction of sp³-hybridized carbons (Fsp3) is 0.545. The van der Waals surface area contributed by atoms with E-state index in [0.717, 1.165) is 45.4 Å². The molecule has 1 atom stereocenters. The molecule has 0 saturated carbocycles. The molecule has 2 aliphatic rings.